The molecule has 1 N–H and O–H groups in total. The van der Waals surface area contributed by atoms with E-state index >= 15 is 0 Å². The van der Waals surface area contributed by atoms with Gasteiger partial charge in [-0.1, -0.05) is 0 Å². The highest BCUT2D eigenvalue weighted by Gasteiger charge is 2.30. The zero-order valence-electron chi connectivity index (χ0n) is 9.69. The van der Waals surface area contributed by atoms with Gasteiger partial charge in [-0.3, -0.25) is 0 Å². The third kappa shape index (κ3) is 3.27. The summed E-state index contributed by atoms with van der Waals surface area (Å²) in [5.41, 5.74) is -0.262. The number of nitrogens with zero attached hydrogens (tertiary/aromatic N) is 1. The summed E-state index contributed by atoms with van der Waals surface area (Å²) < 4.78 is 32.5. The number of benzene rings is 1. The van der Waals surface area contributed by atoms with Crippen LogP contribution in [0, 0.1) is 0 Å². The molecular weight excluding hydrogens is 320 g/mol. The third-order valence-electron chi connectivity index (χ3n) is 2.41. The van der Waals surface area contributed by atoms with Gasteiger partial charge in [0.1, 0.15) is 12.4 Å². The summed E-state index contributed by atoms with van der Waals surface area (Å²) in [7, 11) is 0. The second-order valence-electron chi connectivity index (χ2n) is 3.78. The molecule has 1 aromatic heterocycles. The topological polar surface area (TPSA) is 42.4 Å². The van der Waals surface area contributed by atoms with Gasteiger partial charge in [0.2, 0.25) is 5.88 Å². The summed E-state index contributed by atoms with van der Waals surface area (Å²) in [4.78, 5) is 4.00. The van der Waals surface area contributed by atoms with E-state index < -0.39 is 12.5 Å². The van der Waals surface area contributed by atoms with E-state index in [2.05, 4.69) is 20.9 Å². The first-order chi connectivity index (χ1) is 9.03. The van der Waals surface area contributed by atoms with Crippen molar-refractivity contribution in [3.8, 4) is 11.6 Å². The number of aliphatic hydroxyl groups excluding tert-OH is 1. The largest absolute Gasteiger partial charge is 0.438 e. The van der Waals surface area contributed by atoms with Gasteiger partial charge in [-0.2, -0.15) is 8.78 Å². The van der Waals surface area contributed by atoms with Crippen LogP contribution in [0.4, 0.5) is 8.78 Å². The van der Waals surface area contributed by atoms with Gasteiger partial charge in [-0.05, 0) is 52.3 Å². The minimum Gasteiger partial charge on any atom is -0.438 e. The quantitative estimate of drug-likeness (QED) is 0.929. The summed E-state index contributed by atoms with van der Waals surface area (Å²) in [6.45, 7) is -1.22. The molecule has 1 heterocycles. The van der Waals surface area contributed by atoms with Crippen LogP contribution in [0.1, 0.15) is 5.56 Å². The Hall–Kier alpha value is -1.53. The minimum atomic E-state index is -3.25. The van der Waals surface area contributed by atoms with Gasteiger partial charge in [0.05, 0.1) is 4.47 Å². The first-order valence-corrected chi connectivity index (χ1v) is 6.20. The summed E-state index contributed by atoms with van der Waals surface area (Å²) >= 11 is 3.27. The van der Waals surface area contributed by atoms with E-state index in [0.717, 1.165) is 0 Å². The van der Waals surface area contributed by atoms with Crippen molar-refractivity contribution in [3.05, 3.63) is 52.6 Å². The summed E-state index contributed by atoms with van der Waals surface area (Å²) in [6, 6.07) is 8.73. The Kier molecular flexibility index (Phi) is 4.11. The average molecular weight is 330 g/mol. The maximum absolute atomic E-state index is 13.2. The summed E-state index contributed by atoms with van der Waals surface area (Å²) in [5.74, 6) is -2.51. The number of aromatic nitrogens is 1. The molecule has 0 spiro atoms. The maximum Gasteiger partial charge on any atom is 0.295 e. The van der Waals surface area contributed by atoms with Crippen LogP contribution >= 0.6 is 15.9 Å². The van der Waals surface area contributed by atoms with Crippen molar-refractivity contribution >= 4 is 15.9 Å². The van der Waals surface area contributed by atoms with Crippen LogP contribution in [0.3, 0.4) is 0 Å². The molecule has 100 valence electrons. The number of ether oxygens (including phenoxy) is 1. The molecule has 0 saturated heterocycles. The highest BCUT2D eigenvalue weighted by molar-refractivity contribution is 9.10. The molecule has 0 aliphatic rings. The van der Waals surface area contributed by atoms with Gasteiger partial charge < -0.3 is 9.84 Å². The molecule has 0 bridgehead atoms. The van der Waals surface area contributed by atoms with Crippen LogP contribution in [0.25, 0.3) is 0 Å². The highest BCUT2D eigenvalue weighted by Crippen LogP contribution is 2.31. The molecule has 0 fully saturated rings. The molecule has 2 rings (SSSR count). The minimum absolute atomic E-state index is 0.262. The van der Waals surface area contributed by atoms with Crippen LogP contribution in [0.2, 0.25) is 0 Å². The second kappa shape index (κ2) is 5.63. The second-order valence-corrected chi connectivity index (χ2v) is 4.63. The molecule has 0 aliphatic heterocycles. The number of alkyl halides is 2. The molecule has 0 radical (unpaired) electrons. The van der Waals surface area contributed by atoms with Crippen molar-refractivity contribution in [2.45, 2.75) is 5.92 Å². The summed E-state index contributed by atoms with van der Waals surface area (Å²) in [5, 5.41) is 8.59. The molecule has 6 heteroatoms. The zero-order valence-corrected chi connectivity index (χ0v) is 11.3. The third-order valence-corrected chi connectivity index (χ3v) is 3.02. The Morgan fingerprint density at radius 2 is 1.89 bits per heavy atom. The van der Waals surface area contributed by atoms with Crippen LogP contribution in [-0.2, 0) is 5.92 Å². The number of hydrogen-bond donors (Lipinski definition) is 1. The molecule has 1 aromatic carbocycles. The fraction of sp³-hybridized carbons (Fsp3) is 0.154. The van der Waals surface area contributed by atoms with Gasteiger partial charge in [-0.25, -0.2) is 4.98 Å². The van der Waals surface area contributed by atoms with Crippen molar-refractivity contribution in [1.82, 2.24) is 4.98 Å². The molecular formula is C13H10BrF2NO2. The molecule has 0 aliphatic carbocycles. The standard InChI is InChI=1S/C13H10BrF2NO2/c14-11-2-1-7-17-12(11)19-10-5-3-9(4-6-10)13(15,16)8-18/h1-7,18H,8H2. The van der Waals surface area contributed by atoms with Crippen LogP contribution in [0.5, 0.6) is 11.6 Å². The van der Waals surface area contributed by atoms with E-state index in [1.165, 1.54) is 24.3 Å². The smallest absolute Gasteiger partial charge is 0.295 e. The number of hydrogen-bond acceptors (Lipinski definition) is 3. The lowest BCUT2D eigenvalue weighted by Crippen LogP contribution is -2.18. The fourth-order valence-corrected chi connectivity index (χ4v) is 1.75. The molecule has 0 saturated carbocycles. The molecule has 0 unspecified atom stereocenters. The molecule has 3 nitrogen and oxygen atoms in total. The SMILES string of the molecule is OCC(F)(F)c1ccc(Oc2ncccc2Br)cc1. The van der Waals surface area contributed by atoms with E-state index in [0.29, 0.717) is 16.1 Å². The molecule has 0 atom stereocenters. The predicted octanol–water partition coefficient (Wildman–Crippen LogP) is 3.72. The van der Waals surface area contributed by atoms with E-state index in [1.807, 2.05) is 0 Å². The van der Waals surface area contributed by atoms with Crippen molar-refractivity contribution in [2.75, 3.05) is 6.61 Å². The summed E-state index contributed by atoms with van der Waals surface area (Å²) in [6.07, 6.45) is 1.56. The number of pyridine rings is 1. The highest BCUT2D eigenvalue weighted by atomic mass is 79.9. The maximum atomic E-state index is 13.2. The Balaban J connectivity index is 2.18. The Morgan fingerprint density at radius 3 is 2.47 bits per heavy atom. The fourth-order valence-electron chi connectivity index (χ4n) is 1.42. The van der Waals surface area contributed by atoms with Crippen molar-refractivity contribution in [2.24, 2.45) is 0 Å². The normalized spacial score (nSPS) is 11.4. The van der Waals surface area contributed by atoms with Crippen molar-refractivity contribution < 1.29 is 18.6 Å². The molecule has 2 aromatic rings. The lowest BCUT2D eigenvalue weighted by molar-refractivity contribution is -0.0556. The number of rotatable bonds is 4. The number of halogens is 3. The van der Waals surface area contributed by atoms with Crippen molar-refractivity contribution in [3.63, 3.8) is 0 Å². The van der Waals surface area contributed by atoms with Gasteiger partial charge in [0.25, 0.3) is 5.92 Å². The Morgan fingerprint density at radius 1 is 1.21 bits per heavy atom. The van der Waals surface area contributed by atoms with Gasteiger partial charge in [0.15, 0.2) is 0 Å². The lowest BCUT2D eigenvalue weighted by atomic mass is 10.1. The first-order valence-electron chi connectivity index (χ1n) is 5.40. The first kappa shape index (κ1) is 13.9. The van der Waals surface area contributed by atoms with E-state index in [1.54, 1.807) is 18.3 Å². The van der Waals surface area contributed by atoms with E-state index in [-0.39, 0.29) is 5.56 Å². The van der Waals surface area contributed by atoms with E-state index in [4.69, 9.17) is 9.84 Å². The van der Waals surface area contributed by atoms with Gasteiger partial charge in [0, 0.05) is 11.8 Å². The van der Waals surface area contributed by atoms with Crippen LogP contribution in [0.15, 0.2) is 47.1 Å². The van der Waals surface area contributed by atoms with Crippen molar-refractivity contribution in [1.29, 1.82) is 0 Å². The van der Waals surface area contributed by atoms with Crippen LogP contribution in [-0.4, -0.2) is 16.7 Å². The monoisotopic (exact) mass is 329 g/mol. The van der Waals surface area contributed by atoms with Gasteiger partial charge >= 0.3 is 0 Å². The lowest BCUT2D eigenvalue weighted by Gasteiger charge is -2.14. The van der Waals surface area contributed by atoms with Gasteiger partial charge in [-0.15, -0.1) is 0 Å². The average Bonchev–Trinajstić information content (AvgIpc) is 2.42. The Labute approximate surface area is 117 Å². The van der Waals surface area contributed by atoms with E-state index in [9.17, 15) is 8.78 Å². The van der Waals surface area contributed by atoms with Crippen LogP contribution < -0.4 is 4.74 Å². The zero-order chi connectivity index (χ0) is 13.9. The Bertz CT molecular complexity index is 561. The molecule has 19 heavy (non-hydrogen) atoms. The predicted molar refractivity (Wildman–Crippen MR) is 69.4 cm³/mol. The number of aliphatic hydroxyl groups is 1. The molecule has 0 amide bonds.